The van der Waals surface area contributed by atoms with Crippen molar-refractivity contribution in [3.63, 3.8) is 0 Å². The van der Waals surface area contributed by atoms with Gasteiger partial charge in [-0.2, -0.15) is 18.3 Å². The van der Waals surface area contributed by atoms with Crippen LogP contribution in [0.15, 0.2) is 12.3 Å². The van der Waals surface area contributed by atoms with E-state index in [1.54, 1.807) is 11.1 Å². The third-order valence-electron chi connectivity index (χ3n) is 3.34. The minimum absolute atomic E-state index is 0.179. The predicted molar refractivity (Wildman–Crippen MR) is 66.1 cm³/mol. The first kappa shape index (κ1) is 14.8. The van der Waals surface area contributed by atoms with Gasteiger partial charge in [-0.3, -0.25) is 9.89 Å². The quantitative estimate of drug-likeness (QED) is 0.878. The molecule has 8 heteroatoms. The number of amides is 1. The number of nitrogens with one attached hydrogen (secondary N) is 2. The number of H-pyrrole nitrogens is 1. The van der Waals surface area contributed by atoms with Crippen LogP contribution >= 0.6 is 0 Å². The topological polar surface area (TPSA) is 61.0 Å². The van der Waals surface area contributed by atoms with Gasteiger partial charge in [0, 0.05) is 30.9 Å². The molecule has 1 saturated heterocycles. The Bertz CT molecular complexity index is 432. The predicted octanol–water partition coefficient (Wildman–Crippen LogP) is 1.27. The molecule has 1 aliphatic rings. The van der Waals surface area contributed by atoms with Gasteiger partial charge in [0.25, 0.3) is 0 Å². The third-order valence-corrected chi connectivity index (χ3v) is 3.34. The molecule has 2 rings (SSSR count). The molecule has 0 spiro atoms. The second kappa shape index (κ2) is 6.25. The zero-order valence-electron chi connectivity index (χ0n) is 10.9. The van der Waals surface area contributed by atoms with Crippen molar-refractivity contribution in [2.45, 2.75) is 24.9 Å². The molecule has 1 aliphatic heterocycles. The van der Waals surface area contributed by atoms with Gasteiger partial charge in [0.15, 0.2) is 0 Å². The largest absolute Gasteiger partial charge is 0.401 e. The molecule has 1 unspecified atom stereocenters. The van der Waals surface area contributed by atoms with E-state index >= 15 is 0 Å². The number of aromatic nitrogens is 2. The maximum Gasteiger partial charge on any atom is 0.401 e. The lowest BCUT2D eigenvalue weighted by Crippen LogP contribution is -2.44. The average molecular weight is 290 g/mol. The summed E-state index contributed by atoms with van der Waals surface area (Å²) in [5.74, 6) is -0.115. The molecule has 2 heterocycles. The van der Waals surface area contributed by atoms with E-state index in [2.05, 4.69) is 15.5 Å². The number of piperidine rings is 1. The molecule has 0 saturated carbocycles. The fourth-order valence-electron chi connectivity index (χ4n) is 2.37. The van der Waals surface area contributed by atoms with E-state index in [4.69, 9.17) is 0 Å². The van der Waals surface area contributed by atoms with Gasteiger partial charge in [0.1, 0.15) is 0 Å². The van der Waals surface area contributed by atoms with Gasteiger partial charge in [-0.15, -0.1) is 0 Å². The first-order chi connectivity index (χ1) is 9.46. The Morgan fingerprint density at radius 3 is 3.00 bits per heavy atom. The number of likely N-dealkylation sites (tertiary alicyclic amines) is 1. The first-order valence-electron chi connectivity index (χ1n) is 6.50. The van der Waals surface area contributed by atoms with Crippen LogP contribution in [-0.4, -0.2) is 53.4 Å². The van der Waals surface area contributed by atoms with Crippen molar-refractivity contribution < 1.29 is 18.0 Å². The molecule has 1 aromatic heterocycles. The lowest BCUT2D eigenvalue weighted by atomic mass is 9.95. The van der Waals surface area contributed by atoms with E-state index in [-0.39, 0.29) is 18.4 Å². The van der Waals surface area contributed by atoms with E-state index in [0.717, 1.165) is 18.5 Å². The SMILES string of the molecule is O=C(CNCC(F)(F)F)N1CCCC(c2ccn[nH]2)C1. The van der Waals surface area contributed by atoms with Crippen LogP contribution in [0.3, 0.4) is 0 Å². The highest BCUT2D eigenvalue weighted by Gasteiger charge is 2.28. The van der Waals surface area contributed by atoms with Crippen molar-refractivity contribution in [3.05, 3.63) is 18.0 Å². The Labute approximate surface area is 114 Å². The number of rotatable bonds is 4. The summed E-state index contributed by atoms with van der Waals surface area (Å²) in [5, 5.41) is 8.89. The Kier molecular flexibility index (Phi) is 4.64. The summed E-state index contributed by atoms with van der Waals surface area (Å²) in [5.41, 5.74) is 0.964. The zero-order valence-corrected chi connectivity index (χ0v) is 10.9. The lowest BCUT2D eigenvalue weighted by Gasteiger charge is -2.32. The monoisotopic (exact) mass is 290 g/mol. The number of aromatic amines is 1. The third kappa shape index (κ3) is 4.22. The van der Waals surface area contributed by atoms with E-state index in [1.807, 2.05) is 6.07 Å². The highest BCUT2D eigenvalue weighted by atomic mass is 19.4. The number of hydrogen-bond acceptors (Lipinski definition) is 3. The second-order valence-corrected chi connectivity index (χ2v) is 4.91. The minimum Gasteiger partial charge on any atom is -0.341 e. The van der Waals surface area contributed by atoms with Gasteiger partial charge < -0.3 is 10.2 Å². The van der Waals surface area contributed by atoms with Gasteiger partial charge in [-0.05, 0) is 18.9 Å². The summed E-state index contributed by atoms with van der Waals surface area (Å²) in [4.78, 5) is 13.5. The maximum atomic E-state index is 12.0. The number of carbonyl (C=O) groups is 1. The fraction of sp³-hybridized carbons (Fsp3) is 0.667. The highest BCUT2D eigenvalue weighted by molar-refractivity contribution is 5.78. The normalized spacial score (nSPS) is 20.1. The summed E-state index contributed by atoms with van der Waals surface area (Å²) < 4.78 is 36.0. The number of carbonyl (C=O) groups excluding carboxylic acids is 1. The van der Waals surface area contributed by atoms with Crippen LogP contribution in [0.2, 0.25) is 0 Å². The van der Waals surface area contributed by atoms with E-state index in [0.29, 0.717) is 13.1 Å². The van der Waals surface area contributed by atoms with Gasteiger partial charge in [0.2, 0.25) is 5.91 Å². The molecule has 112 valence electrons. The van der Waals surface area contributed by atoms with Crippen molar-refractivity contribution in [3.8, 4) is 0 Å². The molecule has 20 heavy (non-hydrogen) atoms. The Morgan fingerprint density at radius 2 is 2.35 bits per heavy atom. The summed E-state index contributed by atoms with van der Waals surface area (Å²) in [6, 6.07) is 1.86. The van der Waals surface area contributed by atoms with Gasteiger partial charge in [0.05, 0.1) is 13.1 Å². The smallest absolute Gasteiger partial charge is 0.341 e. The molecule has 0 aromatic carbocycles. The Morgan fingerprint density at radius 1 is 1.55 bits per heavy atom. The van der Waals surface area contributed by atoms with E-state index in [9.17, 15) is 18.0 Å². The standard InChI is InChI=1S/C12H17F3N4O/c13-12(14,15)8-16-6-11(20)19-5-1-2-9(7-19)10-3-4-17-18-10/h3-4,9,16H,1-2,5-8H2,(H,17,18). The molecule has 2 N–H and O–H groups in total. The second-order valence-electron chi connectivity index (χ2n) is 4.91. The minimum atomic E-state index is -4.29. The summed E-state index contributed by atoms with van der Waals surface area (Å²) in [7, 11) is 0. The first-order valence-corrected chi connectivity index (χ1v) is 6.50. The van der Waals surface area contributed by atoms with E-state index in [1.165, 1.54) is 0 Å². The molecule has 1 amide bonds. The van der Waals surface area contributed by atoms with Gasteiger partial charge >= 0.3 is 6.18 Å². The van der Waals surface area contributed by atoms with Crippen molar-refractivity contribution in [1.29, 1.82) is 0 Å². The number of hydrogen-bond donors (Lipinski definition) is 2. The zero-order chi connectivity index (χ0) is 14.6. The van der Waals surface area contributed by atoms with Crippen LogP contribution < -0.4 is 5.32 Å². The highest BCUT2D eigenvalue weighted by Crippen LogP contribution is 2.25. The average Bonchev–Trinajstić information content (AvgIpc) is 2.91. The van der Waals surface area contributed by atoms with Crippen LogP contribution in [0.5, 0.6) is 0 Å². The van der Waals surface area contributed by atoms with Crippen molar-refractivity contribution in [2.24, 2.45) is 0 Å². The molecule has 1 aromatic rings. The molecule has 1 fully saturated rings. The van der Waals surface area contributed by atoms with Crippen molar-refractivity contribution >= 4 is 5.91 Å². The summed E-state index contributed by atoms with van der Waals surface area (Å²) in [6.07, 6.45) is -0.849. The molecule has 1 atom stereocenters. The number of nitrogens with zero attached hydrogens (tertiary/aromatic N) is 2. The maximum absolute atomic E-state index is 12.0. The molecule has 0 aliphatic carbocycles. The van der Waals surface area contributed by atoms with E-state index < -0.39 is 12.7 Å². The molecule has 5 nitrogen and oxygen atoms in total. The van der Waals surface area contributed by atoms with Gasteiger partial charge in [-0.1, -0.05) is 0 Å². The molecular weight excluding hydrogens is 273 g/mol. The lowest BCUT2D eigenvalue weighted by molar-refractivity contribution is -0.135. The molecule has 0 radical (unpaired) electrons. The van der Waals surface area contributed by atoms with Crippen LogP contribution in [0.25, 0.3) is 0 Å². The van der Waals surface area contributed by atoms with Crippen LogP contribution in [0, 0.1) is 0 Å². The fourth-order valence-corrected chi connectivity index (χ4v) is 2.37. The summed E-state index contributed by atoms with van der Waals surface area (Å²) >= 11 is 0. The Hall–Kier alpha value is -1.57. The molecular formula is C12H17F3N4O. The van der Waals surface area contributed by atoms with Crippen LogP contribution in [0.4, 0.5) is 13.2 Å². The molecule has 0 bridgehead atoms. The van der Waals surface area contributed by atoms with Crippen molar-refractivity contribution in [2.75, 3.05) is 26.2 Å². The van der Waals surface area contributed by atoms with Crippen LogP contribution in [0.1, 0.15) is 24.5 Å². The number of halogens is 3. The summed E-state index contributed by atoms with van der Waals surface area (Å²) in [6.45, 7) is -0.308. The van der Waals surface area contributed by atoms with Crippen LogP contribution in [-0.2, 0) is 4.79 Å². The van der Waals surface area contributed by atoms with Crippen molar-refractivity contribution in [1.82, 2.24) is 20.4 Å². The van der Waals surface area contributed by atoms with Gasteiger partial charge in [-0.25, -0.2) is 0 Å². The number of alkyl halides is 3. The Balaban J connectivity index is 1.81.